The number of hydrogen-bond donors (Lipinski definition) is 1. The van der Waals surface area contributed by atoms with E-state index in [0.29, 0.717) is 0 Å². The number of carbonyl (C=O) groups excluding carboxylic acids is 1. The lowest BCUT2D eigenvalue weighted by molar-refractivity contribution is -0.352. The fourth-order valence-electron chi connectivity index (χ4n) is 0.315. The standard InChI is InChI=1S/C10H18O4/c1-7(2)8(11)13-14-10(5,6)9(3,4)12/h12H,1H2,2-6H3. The minimum atomic E-state index is -1.11. The fourth-order valence-corrected chi connectivity index (χ4v) is 0.315. The molecule has 4 heteroatoms. The third-order valence-corrected chi connectivity index (χ3v) is 2.15. The molecule has 0 rings (SSSR count). The Morgan fingerprint density at radius 1 is 1.29 bits per heavy atom. The van der Waals surface area contributed by atoms with Gasteiger partial charge in [-0.3, -0.25) is 4.89 Å². The first kappa shape index (κ1) is 13.1. The fraction of sp³-hybridized carbons (Fsp3) is 0.700. The predicted octanol–water partition coefficient (Wildman–Crippen LogP) is 1.59. The van der Waals surface area contributed by atoms with E-state index in [0.717, 1.165) is 0 Å². The van der Waals surface area contributed by atoms with Crippen molar-refractivity contribution in [2.75, 3.05) is 0 Å². The minimum Gasteiger partial charge on any atom is -0.387 e. The molecule has 4 nitrogen and oxygen atoms in total. The average molecular weight is 202 g/mol. The van der Waals surface area contributed by atoms with Crippen LogP contribution in [0.1, 0.15) is 34.6 Å². The number of rotatable bonds is 4. The molecule has 1 N–H and O–H groups in total. The molecule has 0 spiro atoms. The van der Waals surface area contributed by atoms with E-state index in [1.165, 1.54) is 6.92 Å². The van der Waals surface area contributed by atoms with Gasteiger partial charge in [0.15, 0.2) is 0 Å². The lowest BCUT2D eigenvalue weighted by atomic mass is 9.90. The van der Waals surface area contributed by atoms with Crippen LogP contribution in [0, 0.1) is 0 Å². The Bertz CT molecular complexity index is 235. The third-order valence-electron chi connectivity index (χ3n) is 2.15. The van der Waals surface area contributed by atoms with E-state index in [2.05, 4.69) is 11.5 Å². The summed E-state index contributed by atoms with van der Waals surface area (Å²) in [6, 6.07) is 0. The third kappa shape index (κ3) is 3.47. The average Bonchev–Trinajstić information content (AvgIpc) is 1.97. The Morgan fingerprint density at radius 3 is 2.00 bits per heavy atom. The van der Waals surface area contributed by atoms with Crippen molar-refractivity contribution in [2.45, 2.75) is 45.8 Å². The van der Waals surface area contributed by atoms with Crippen molar-refractivity contribution in [1.29, 1.82) is 0 Å². The maximum absolute atomic E-state index is 11.0. The highest BCUT2D eigenvalue weighted by molar-refractivity contribution is 5.86. The Hall–Kier alpha value is -0.870. The molecule has 0 amide bonds. The van der Waals surface area contributed by atoms with Gasteiger partial charge < -0.3 is 5.11 Å². The molecule has 0 fully saturated rings. The highest BCUT2D eigenvalue weighted by atomic mass is 17.2. The smallest absolute Gasteiger partial charge is 0.368 e. The summed E-state index contributed by atoms with van der Waals surface area (Å²) in [6.07, 6.45) is 0. The normalized spacial score (nSPS) is 12.4. The van der Waals surface area contributed by atoms with Crippen LogP contribution in [0.5, 0.6) is 0 Å². The SMILES string of the molecule is C=C(C)C(=O)OOC(C)(C)C(C)(C)O. The molecule has 0 unspecified atom stereocenters. The molecule has 0 aliphatic carbocycles. The molecular formula is C10H18O4. The summed E-state index contributed by atoms with van der Waals surface area (Å²) < 4.78 is 0. The van der Waals surface area contributed by atoms with Crippen LogP contribution in [0.4, 0.5) is 0 Å². The van der Waals surface area contributed by atoms with E-state index >= 15 is 0 Å². The van der Waals surface area contributed by atoms with Crippen LogP contribution in [0.2, 0.25) is 0 Å². The predicted molar refractivity (Wildman–Crippen MR) is 52.4 cm³/mol. The van der Waals surface area contributed by atoms with Gasteiger partial charge in [-0.1, -0.05) is 6.58 Å². The quantitative estimate of drug-likeness (QED) is 0.427. The van der Waals surface area contributed by atoms with E-state index in [9.17, 15) is 9.90 Å². The topological polar surface area (TPSA) is 55.8 Å². The lowest BCUT2D eigenvalue weighted by Gasteiger charge is -2.34. The van der Waals surface area contributed by atoms with Crippen LogP contribution >= 0.6 is 0 Å². The van der Waals surface area contributed by atoms with Crippen molar-refractivity contribution in [1.82, 2.24) is 0 Å². The molecule has 0 radical (unpaired) electrons. The van der Waals surface area contributed by atoms with Crippen molar-refractivity contribution < 1.29 is 19.7 Å². The molecule has 0 saturated heterocycles. The van der Waals surface area contributed by atoms with Crippen LogP contribution in [0.25, 0.3) is 0 Å². The van der Waals surface area contributed by atoms with Gasteiger partial charge in [-0.05, 0) is 34.6 Å². The largest absolute Gasteiger partial charge is 0.387 e. The number of aliphatic hydroxyl groups is 1. The maximum atomic E-state index is 11.0. The zero-order valence-corrected chi connectivity index (χ0v) is 9.38. The molecule has 0 heterocycles. The second-order valence-corrected chi connectivity index (χ2v) is 4.30. The van der Waals surface area contributed by atoms with Gasteiger partial charge in [-0.2, -0.15) is 4.89 Å². The molecule has 0 atom stereocenters. The van der Waals surface area contributed by atoms with Gasteiger partial charge in [0.05, 0.1) is 5.60 Å². The van der Waals surface area contributed by atoms with Crippen molar-refractivity contribution in [3.63, 3.8) is 0 Å². The summed E-state index contributed by atoms with van der Waals surface area (Å²) in [5.74, 6) is -0.637. The summed E-state index contributed by atoms with van der Waals surface area (Å²) in [4.78, 5) is 20.3. The van der Waals surface area contributed by atoms with Gasteiger partial charge in [0.2, 0.25) is 0 Å². The Labute approximate surface area is 84.4 Å². The second-order valence-electron chi connectivity index (χ2n) is 4.30. The molecule has 0 aliphatic heterocycles. The zero-order chi connectivity index (χ0) is 11.6. The van der Waals surface area contributed by atoms with Gasteiger partial charge >= 0.3 is 5.97 Å². The van der Waals surface area contributed by atoms with Crippen LogP contribution in [0.15, 0.2) is 12.2 Å². The molecule has 82 valence electrons. The van der Waals surface area contributed by atoms with E-state index in [-0.39, 0.29) is 5.57 Å². The minimum absolute atomic E-state index is 0.247. The zero-order valence-electron chi connectivity index (χ0n) is 9.38. The number of hydrogen-bond acceptors (Lipinski definition) is 4. The summed E-state index contributed by atoms with van der Waals surface area (Å²) in [6.45, 7) is 11.3. The van der Waals surface area contributed by atoms with Gasteiger partial charge in [0.1, 0.15) is 5.60 Å². The van der Waals surface area contributed by atoms with Gasteiger partial charge in [0.25, 0.3) is 0 Å². The first-order chi connectivity index (χ1) is 6.08. The molecule has 14 heavy (non-hydrogen) atoms. The first-order valence-electron chi connectivity index (χ1n) is 4.36. The van der Waals surface area contributed by atoms with E-state index in [4.69, 9.17) is 4.89 Å². The molecule has 0 aromatic heterocycles. The monoisotopic (exact) mass is 202 g/mol. The molecule has 0 aromatic rings. The Kier molecular flexibility index (Phi) is 3.85. The Morgan fingerprint density at radius 2 is 1.71 bits per heavy atom. The highest BCUT2D eigenvalue weighted by Crippen LogP contribution is 2.25. The molecule has 0 saturated carbocycles. The second kappa shape index (κ2) is 4.11. The lowest BCUT2D eigenvalue weighted by Crippen LogP contribution is -2.47. The maximum Gasteiger partial charge on any atom is 0.368 e. The van der Waals surface area contributed by atoms with Gasteiger partial charge in [0, 0.05) is 5.57 Å². The van der Waals surface area contributed by atoms with Gasteiger partial charge in [-0.15, -0.1) is 0 Å². The summed E-state index contributed by atoms with van der Waals surface area (Å²) in [5, 5.41) is 9.66. The van der Waals surface area contributed by atoms with Crippen molar-refractivity contribution >= 4 is 5.97 Å². The number of carbonyl (C=O) groups is 1. The Balaban J connectivity index is 4.27. The van der Waals surface area contributed by atoms with Gasteiger partial charge in [-0.25, -0.2) is 4.79 Å². The summed E-state index contributed by atoms with van der Waals surface area (Å²) >= 11 is 0. The van der Waals surface area contributed by atoms with Crippen LogP contribution in [0.3, 0.4) is 0 Å². The van der Waals surface area contributed by atoms with E-state index in [1.807, 2.05) is 0 Å². The molecule has 0 bridgehead atoms. The van der Waals surface area contributed by atoms with Crippen LogP contribution in [-0.4, -0.2) is 22.3 Å². The molecule has 0 aliphatic rings. The highest BCUT2D eigenvalue weighted by Gasteiger charge is 2.38. The van der Waals surface area contributed by atoms with Crippen molar-refractivity contribution in [3.05, 3.63) is 12.2 Å². The van der Waals surface area contributed by atoms with Crippen molar-refractivity contribution in [3.8, 4) is 0 Å². The summed E-state index contributed by atoms with van der Waals surface area (Å²) in [5.41, 5.74) is -1.84. The summed E-state index contributed by atoms with van der Waals surface area (Å²) in [7, 11) is 0. The van der Waals surface area contributed by atoms with Crippen LogP contribution < -0.4 is 0 Å². The first-order valence-corrected chi connectivity index (χ1v) is 4.36. The molecular weight excluding hydrogens is 184 g/mol. The van der Waals surface area contributed by atoms with E-state index < -0.39 is 17.2 Å². The van der Waals surface area contributed by atoms with Crippen LogP contribution in [-0.2, 0) is 14.6 Å². The van der Waals surface area contributed by atoms with Crippen molar-refractivity contribution in [2.24, 2.45) is 0 Å². The molecule has 0 aromatic carbocycles. The van der Waals surface area contributed by atoms with E-state index in [1.54, 1.807) is 27.7 Å².